The Labute approximate surface area is 286 Å². The van der Waals surface area contributed by atoms with Crippen LogP contribution in [0, 0.1) is 30.1 Å². The van der Waals surface area contributed by atoms with Gasteiger partial charge in [-0.25, -0.2) is 23.1 Å². The predicted molar refractivity (Wildman–Crippen MR) is 188 cm³/mol. The molecule has 6 rings (SSSR count). The molecule has 1 amide bonds. The van der Waals surface area contributed by atoms with E-state index in [0.717, 1.165) is 31.9 Å². The van der Waals surface area contributed by atoms with Crippen molar-refractivity contribution in [3.63, 3.8) is 0 Å². The fourth-order valence-corrected chi connectivity index (χ4v) is 7.75. The summed E-state index contributed by atoms with van der Waals surface area (Å²) in [4.78, 5) is 42.1. The number of nitrogens with one attached hydrogen (secondary N) is 1. The van der Waals surface area contributed by atoms with Crippen LogP contribution in [-0.2, 0) is 16.6 Å². The van der Waals surface area contributed by atoms with E-state index in [1.165, 1.54) is 28.5 Å². The lowest BCUT2D eigenvalue weighted by Gasteiger charge is -2.32. The number of hydrogen-bond acceptors (Lipinski definition) is 10. The first kappa shape index (κ1) is 33.1. The van der Waals surface area contributed by atoms with E-state index in [0.29, 0.717) is 49.1 Å². The molecule has 1 aromatic carbocycles. The number of amides is 1. The molecule has 1 aliphatic carbocycles. The lowest BCUT2D eigenvalue weighted by molar-refractivity contribution is 0.0983. The molecule has 48 heavy (non-hydrogen) atoms. The van der Waals surface area contributed by atoms with Gasteiger partial charge in [-0.2, -0.15) is 5.26 Å². The zero-order chi connectivity index (χ0) is 34.2. The Morgan fingerprint density at radius 1 is 1.19 bits per heavy atom. The zero-order valence-corrected chi connectivity index (χ0v) is 28.8. The third-order valence-corrected chi connectivity index (χ3v) is 10.2. The van der Waals surface area contributed by atoms with E-state index in [1.54, 1.807) is 42.8 Å². The van der Waals surface area contributed by atoms with Gasteiger partial charge in [-0.3, -0.25) is 19.1 Å². The first-order valence-corrected chi connectivity index (χ1v) is 18.3. The summed E-state index contributed by atoms with van der Waals surface area (Å²) in [6, 6.07) is 9.48. The normalized spacial score (nSPS) is 13.6. The number of hydrogen-bond donors (Lipinski definition) is 1. The van der Waals surface area contributed by atoms with Crippen molar-refractivity contribution in [1.29, 1.82) is 5.26 Å². The van der Waals surface area contributed by atoms with Gasteiger partial charge in [0.05, 0.1) is 45.7 Å². The van der Waals surface area contributed by atoms with E-state index in [1.807, 2.05) is 16.7 Å². The highest BCUT2D eigenvalue weighted by Crippen LogP contribution is 2.36. The SMILES string of the molecule is Cc1nc2cnc(N(C)C3CCCCC3)c(C#N)c2c(=O)n1CC#Cc1ccc(Cl)cc1-c1ccnc2c(C(=O)NS(C)(=O)=O)csc12. The van der Waals surface area contributed by atoms with Crippen molar-refractivity contribution in [2.24, 2.45) is 0 Å². The van der Waals surface area contributed by atoms with Crippen LogP contribution < -0.4 is 15.2 Å². The van der Waals surface area contributed by atoms with Gasteiger partial charge < -0.3 is 4.90 Å². The second kappa shape index (κ2) is 13.4. The van der Waals surface area contributed by atoms with Crippen molar-refractivity contribution < 1.29 is 13.2 Å². The number of rotatable bonds is 6. The lowest BCUT2D eigenvalue weighted by atomic mass is 9.94. The van der Waals surface area contributed by atoms with E-state index >= 15 is 0 Å². The van der Waals surface area contributed by atoms with Crippen molar-refractivity contribution in [3.8, 4) is 29.0 Å². The molecule has 14 heteroatoms. The van der Waals surface area contributed by atoms with Gasteiger partial charge in [-0.1, -0.05) is 42.7 Å². The van der Waals surface area contributed by atoms with Crippen LogP contribution in [0.3, 0.4) is 0 Å². The number of aryl methyl sites for hydroxylation is 1. The van der Waals surface area contributed by atoms with Gasteiger partial charge in [-0.15, -0.1) is 11.3 Å². The molecule has 0 bridgehead atoms. The molecule has 0 radical (unpaired) electrons. The number of nitrogens with zero attached hydrogens (tertiary/aromatic N) is 6. The molecule has 4 heterocycles. The van der Waals surface area contributed by atoms with Gasteiger partial charge in [0, 0.05) is 46.4 Å². The standard InChI is InChI=1S/C34H30ClN7O4S2/c1-20-39-28-18-38-32(41(2)23-9-5-4-6-10-23)26(17-36)29(28)34(44)42(20)15-7-8-21-11-12-22(35)16-25(21)24-13-14-37-30-27(19-47-31(24)30)33(43)40-48(3,45)46/h11-14,16,18-19,23H,4-6,9-10,15H2,1-3H3,(H,40,43). The van der Waals surface area contributed by atoms with Crippen molar-refractivity contribution in [3.05, 3.63) is 79.9 Å². The average Bonchev–Trinajstić information content (AvgIpc) is 3.50. The van der Waals surface area contributed by atoms with Crippen LogP contribution in [0.1, 0.15) is 59.4 Å². The molecule has 4 aromatic heterocycles. The minimum absolute atomic E-state index is 0.0111. The molecule has 0 spiro atoms. The second-order valence-corrected chi connectivity index (χ2v) is 14.7. The van der Waals surface area contributed by atoms with Crippen LogP contribution in [0.4, 0.5) is 5.82 Å². The molecule has 1 N–H and O–H groups in total. The fraction of sp³-hybridized carbons (Fsp3) is 0.294. The zero-order valence-electron chi connectivity index (χ0n) is 26.4. The molecule has 0 aliphatic heterocycles. The summed E-state index contributed by atoms with van der Waals surface area (Å²) in [7, 11) is -1.84. The topological polar surface area (TPSA) is 151 Å². The molecule has 0 atom stereocenters. The Morgan fingerprint density at radius 3 is 2.69 bits per heavy atom. The van der Waals surface area contributed by atoms with E-state index < -0.39 is 15.9 Å². The summed E-state index contributed by atoms with van der Waals surface area (Å²) in [5.74, 6) is 6.41. The number of pyridine rings is 2. The van der Waals surface area contributed by atoms with Crippen molar-refractivity contribution in [1.82, 2.24) is 24.2 Å². The number of anilines is 1. The fourth-order valence-electron chi connectivity index (χ4n) is 6.10. The molecule has 0 saturated heterocycles. The average molecular weight is 700 g/mol. The number of fused-ring (bicyclic) bond motifs is 2. The van der Waals surface area contributed by atoms with Crippen LogP contribution >= 0.6 is 22.9 Å². The van der Waals surface area contributed by atoms with Gasteiger partial charge in [-0.05, 0) is 44.0 Å². The molecule has 5 aromatic rings. The summed E-state index contributed by atoms with van der Waals surface area (Å²) in [5, 5.41) is 12.4. The van der Waals surface area contributed by atoms with Gasteiger partial charge in [0.2, 0.25) is 10.0 Å². The van der Waals surface area contributed by atoms with E-state index in [4.69, 9.17) is 11.6 Å². The van der Waals surface area contributed by atoms with Crippen LogP contribution in [0.25, 0.3) is 32.2 Å². The van der Waals surface area contributed by atoms with Crippen molar-refractivity contribution in [2.45, 2.75) is 51.6 Å². The Balaban J connectivity index is 1.38. The van der Waals surface area contributed by atoms with Crippen LogP contribution in [0.2, 0.25) is 5.02 Å². The van der Waals surface area contributed by atoms with Crippen molar-refractivity contribution in [2.75, 3.05) is 18.2 Å². The molecule has 11 nitrogen and oxygen atoms in total. The number of sulfonamides is 1. The van der Waals surface area contributed by atoms with Gasteiger partial charge in [0.1, 0.15) is 23.3 Å². The van der Waals surface area contributed by atoms with E-state index in [-0.39, 0.29) is 34.7 Å². The van der Waals surface area contributed by atoms with Gasteiger partial charge in [0.25, 0.3) is 11.5 Å². The Hall–Kier alpha value is -4.82. The summed E-state index contributed by atoms with van der Waals surface area (Å²) in [5.41, 5.74) is 2.68. The second-order valence-electron chi connectivity index (χ2n) is 11.7. The largest absolute Gasteiger partial charge is 0.356 e. The monoisotopic (exact) mass is 699 g/mol. The number of carbonyl (C=O) groups is 1. The maximum Gasteiger partial charge on any atom is 0.267 e. The molecule has 1 saturated carbocycles. The highest BCUT2D eigenvalue weighted by Gasteiger charge is 2.25. The Bertz CT molecular complexity index is 2380. The number of benzene rings is 1. The van der Waals surface area contributed by atoms with E-state index in [2.05, 4.69) is 32.9 Å². The predicted octanol–water partition coefficient (Wildman–Crippen LogP) is 5.41. The maximum atomic E-state index is 13.9. The highest BCUT2D eigenvalue weighted by molar-refractivity contribution is 7.89. The smallest absolute Gasteiger partial charge is 0.267 e. The highest BCUT2D eigenvalue weighted by atomic mass is 35.5. The summed E-state index contributed by atoms with van der Waals surface area (Å²) >= 11 is 7.65. The van der Waals surface area contributed by atoms with Crippen LogP contribution in [0.5, 0.6) is 0 Å². The summed E-state index contributed by atoms with van der Waals surface area (Å²) in [6.07, 6.45) is 9.46. The third-order valence-electron chi connectivity index (χ3n) is 8.45. The molecular formula is C34H30ClN7O4S2. The number of aromatic nitrogens is 4. The molecule has 1 aliphatic rings. The molecular weight excluding hydrogens is 670 g/mol. The number of carbonyl (C=O) groups excluding carboxylic acids is 1. The summed E-state index contributed by atoms with van der Waals surface area (Å²) < 4.78 is 27.4. The van der Waals surface area contributed by atoms with E-state index in [9.17, 15) is 23.3 Å². The van der Waals surface area contributed by atoms with Crippen LogP contribution in [0.15, 0.2) is 46.8 Å². The Morgan fingerprint density at radius 2 is 1.96 bits per heavy atom. The number of nitriles is 1. The molecule has 244 valence electrons. The lowest BCUT2D eigenvalue weighted by Crippen LogP contribution is -2.35. The first-order valence-electron chi connectivity index (χ1n) is 15.2. The van der Waals surface area contributed by atoms with Crippen LogP contribution in [-0.4, -0.2) is 53.2 Å². The Kier molecular flexibility index (Phi) is 9.21. The minimum atomic E-state index is -3.77. The quantitative estimate of drug-likeness (QED) is 0.229. The molecule has 0 unspecified atom stereocenters. The minimum Gasteiger partial charge on any atom is -0.356 e. The number of halogens is 1. The third kappa shape index (κ3) is 6.49. The summed E-state index contributed by atoms with van der Waals surface area (Å²) in [6.45, 7) is 1.73. The van der Waals surface area contributed by atoms with Gasteiger partial charge in [0.15, 0.2) is 0 Å². The first-order chi connectivity index (χ1) is 23.0. The molecule has 1 fully saturated rings. The maximum absolute atomic E-state index is 13.9. The van der Waals surface area contributed by atoms with Gasteiger partial charge >= 0.3 is 0 Å². The number of thiophene rings is 1. The van der Waals surface area contributed by atoms with Crippen molar-refractivity contribution >= 4 is 65.8 Å².